The average molecular weight is 458 g/mol. The second kappa shape index (κ2) is 6.91. The lowest BCUT2D eigenvalue weighted by Crippen LogP contribution is -1.97. The SMILES string of the molecule is Cc1cc(Oc2ncncc2I)ccc1Oc1nc2ccccc2n1C. The fourth-order valence-electron chi connectivity index (χ4n) is 2.60. The first-order valence-electron chi connectivity index (χ1n) is 7.95. The minimum Gasteiger partial charge on any atom is -0.438 e. The second-order valence-electron chi connectivity index (χ2n) is 5.75. The molecule has 0 fully saturated rings. The smallest absolute Gasteiger partial charge is 0.302 e. The fraction of sp³-hybridized carbons (Fsp3) is 0.105. The maximum atomic E-state index is 6.02. The van der Waals surface area contributed by atoms with Crippen LogP contribution in [-0.2, 0) is 7.05 Å². The van der Waals surface area contributed by atoms with Crippen molar-refractivity contribution in [2.24, 2.45) is 7.05 Å². The molecule has 2 heterocycles. The lowest BCUT2D eigenvalue weighted by atomic mass is 10.2. The van der Waals surface area contributed by atoms with Gasteiger partial charge in [0.1, 0.15) is 17.8 Å². The third kappa shape index (κ3) is 3.22. The molecule has 0 unspecified atom stereocenters. The number of aryl methyl sites for hydroxylation is 2. The first-order chi connectivity index (χ1) is 12.6. The first-order valence-corrected chi connectivity index (χ1v) is 9.03. The normalized spacial score (nSPS) is 10.9. The summed E-state index contributed by atoms with van der Waals surface area (Å²) in [6.45, 7) is 1.97. The van der Waals surface area contributed by atoms with Crippen LogP contribution in [-0.4, -0.2) is 19.5 Å². The van der Waals surface area contributed by atoms with Crippen LogP contribution in [0.3, 0.4) is 0 Å². The molecule has 0 spiro atoms. The third-order valence-corrected chi connectivity index (χ3v) is 4.68. The van der Waals surface area contributed by atoms with Crippen LogP contribution in [0.25, 0.3) is 11.0 Å². The Kier molecular flexibility index (Phi) is 4.46. The lowest BCUT2D eigenvalue weighted by molar-refractivity contribution is 0.421. The minimum atomic E-state index is 0.531. The molecule has 26 heavy (non-hydrogen) atoms. The number of nitrogens with zero attached hydrogens (tertiary/aromatic N) is 4. The predicted molar refractivity (Wildman–Crippen MR) is 107 cm³/mol. The molecule has 0 amide bonds. The van der Waals surface area contributed by atoms with Crippen molar-refractivity contribution >= 4 is 33.6 Å². The van der Waals surface area contributed by atoms with Crippen LogP contribution in [0.15, 0.2) is 55.0 Å². The van der Waals surface area contributed by atoms with Crippen molar-refractivity contribution in [1.82, 2.24) is 19.5 Å². The maximum Gasteiger partial charge on any atom is 0.302 e. The Hall–Kier alpha value is -2.68. The van der Waals surface area contributed by atoms with Gasteiger partial charge in [0.05, 0.1) is 14.6 Å². The van der Waals surface area contributed by atoms with Gasteiger partial charge in [0, 0.05) is 13.2 Å². The summed E-state index contributed by atoms with van der Waals surface area (Å²) < 4.78 is 14.6. The molecule has 0 aliphatic heterocycles. The standard InChI is InChI=1S/C19H15IN4O2/c1-12-9-13(25-18-14(20)10-21-11-22-18)7-8-17(12)26-19-23-15-5-3-4-6-16(15)24(19)2/h3-11H,1-2H3. The summed E-state index contributed by atoms with van der Waals surface area (Å²) >= 11 is 2.14. The van der Waals surface area contributed by atoms with E-state index in [2.05, 4.69) is 37.5 Å². The van der Waals surface area contributed by atoms with E-state index in [0.717, 1.165) is 25.9 Å². The molecule has 0 N–H and O–H groups in total. The van der Waals surface area contributed by atoms with Gasteiger partial charge in [-0.1, -0.05) is 12.1 Å². The Morgan fingerprint density at radius 2 is 1.92 bits per heavy atom. The molecule has 0 aliphatic rings. The number of fused-ring (bicyclic) bond motifs is 1. The van der Waals surface area contributed by atoms with Gasteiger partial charge in [-0.25, -0.2) is 9.97 Å². The molecule has 4 rings (SSSR count). The molecular weight excluding hydrogens is 443 g/mol. The van der Waals surface area contributed by atoms with Gasteiger partial charge in [-0.2, -0.15) is 4.98 Å². The summed E-state index contributed by atoms with van der Waals surface area (Å²) in [6.07, 6.45) is 3.17. The van der Waals surface area contributed by atoms with Gasteiger partial charge in [-0.3, -0.25) is 4.57 Å². The van der Waals surface area contributed by atoms with Crippen molar-refractivity contribution in [2.75, 3.05) is 0 Å². The molecule has 6 nitrogen and oxygen atoms in total. The number of halogens is 1. The summed E-state index contributed by atoms with van der Waals surface area (Å²) in [5, 5.41) is 0. The largest absolute Gasteiger partial charge is 0.438 e. The van der Waals surface area contributed by atoms with Crippen molar-refractivity contribution in [1.29, 1.82) is 0 Å². The third-order valence-electron chi connectivity index (χ3n) is 3.94. The highest BCUT2D eigenvalue weighted by Crippen LogP contribution is 2.31. The van der Waals surface area contributed by atoms with E-state index in [4.69, 9.17) is 9.47 Å². The molecule has 0 atom stereocenters. The van der Waals surface area contributed by atoms with E-state index in [0.29, 0.717) is 17.6 Å². The monoisotopic (exact) mass is 458 g/mol. The molecule has 4 aromatic rings. The van der Waals surface area contributed by atoms with Crippen molar-refractivity contribution in [2.45, 2.75) is 6.92 Å². The number of rotatable bonds is 4. The van der Waals surface area contributed by atoms with E-state index in [1.807, 2.05) is 61.0 Å². The van der Waals surface area contributed by atoms with Gasteiger partial charge in [0.25, 0.3) is 0 Å². The van der Waals surface area contributed by atoms with Crippen molar-refractivity contribution < 1.29 is 9.47 Å². The predicted octanol–water partition coefficient (Wildman–Crippen LogP) is 4.86. The number of hydrogen-bond acceptors (Lipinski definition) is 5. The van der Waals surface area contributed by atoms with Crippen LogP contribution in [0, 0.1) is 10.5 Å². The minimum absolute atomic E-state index is 0.531. The molecule has 2 aromatic carbocycles. The van der Waals surface area contributed by atoms with Gasteiger partial charge in [0.15, 0.2) is 0 Å². The number of hydrogen-bond donors (Lipinski definition) is 0. The van der Waals surface area contributed by atoms with Crippen molar-refractivity contribution in [3.05, 3.63) is 64.1 Å². The molecule has 7 heteroatoms. The van der Waals surface area contributed by atoms with Crippen molar-refractivity contribution in [3.8, 4) is 23.4 Å². The number of ether oxygens (including phenoxy) is 2. The van der Waals surface area contributed by atoms with Crippen LogP contribution < -0.4 is 9.47 Å². The van der Waals surface area contributed by atoms with Gasteiger partial charge >= 0.3 is 6.01 Å². The zero-order valence-electron chi connectivity index (χ0n) is 14.2. The Morgan fingerprint density at radius 3 is 2.69 bits per heavy atom. The first kappa shape index (κ1) is 16.8. The van der Waals surface area contributed by atoms with Gasteiger partial charge < -0.3 is 9.47 Å². The highest BCUT2D eigenvalue weighted by atomic mass is 127. The van der Waals surface area contributed by atoms with Crippen LogP contribution in [0.2, 0.25) is 0 Å². The van der Waals surface area contributed by atoms with E-state index >= 15 is 0 Å². The topological polar surface area (TPSA) is 62.1 Å². The Bertz CT molecular complexity index is 1090. The molecule has 0 aliphatic carbocycles. The zero-order chi connectivity index (χ0) is 18.1. The molecule has 130 valence electrons. The summed E-state index contributed by atoms with van der Waals surface area (Å²) in [5.74, 6) is 1.95. The molecule has 0 bridgehead atoms. The van der Waals surface area contributed by atoms with Gasteiger partial charge in [-0.15, -0.1) is 0 Å². The Balaban J connectivity index is 1.60. The van der Waals surface area contributed by atoms with Gasteiger partial charge in [-0.05, 0) is 65.4 Å². The summed E-state index contributed by atoms with van der Waals surface area (Å²) in [7, 11) is 1.94. The molecule has 2 aromatic heterocycles. The molecule has 0 saturated carbocycles. The fourth-order valence-corrected chi connectivity index (χ4v) is 3.01. The summed E-state index contributed by atoms with van der Waals surface area (Å²) in [6, 6.07) is 14.1. The van der Waals surface area contributed by atoms with E-state index in [-0.39, 0.29) is 0 Å². The van der Waals surface area contributed by atoms with E-state index in [9.17, 15) is 0 Å². The average Bonchev–Trinajstić information content (AvgIpc) is 2.95. The lowest BCUT2D eigenvalue weighted by Gasteiger charge is -2.11. The number of benzene rings is 2. The van der Waals surface area contributed by atoms with Gasteiger partial charge in [0.2, 0.25) is 5.88 Å². The number of imidazole rings is 1. The number of aromatic nitrogens is 4. The van der Waals surface area contributed by atoms with Crippen LogP contribution in [0.4, 0.5) is 0 Å². The molecule has 0 saturated heterocycles. The van der Waals surface area contributed by atoms with Crippen LogP contribution in [0.1, 0.15) is 5.56 Å². The van der Waals surface area contributed by atoms with Crippen molar-refractivity contribution in [3.63, 3.8) is 0 Å². The summed E-state index contributed by atoms with van der Waals surface area (Å²) in [4.78, 5) is 12.6. The highest BCUT2D eigenvalue weighted by molar-refractivity contribution is 14.1. The van der Waals surface area contributed by atoms with Crippen LogP contribution >= 0.6 is 22.6 Å². The zero-order valence-corrected chi connectivity index (χ0v) is 16.3. The van der Waals surface area contributed by atoms with E-state index in [1.165, 1.54) is 6.33 Å². The Labute approximate surface area is 164 Å². The van der Waals surface area contributed by atoms with E-state index < -0.39 is 0 Å². The second-order valence-corrected chi connectivity index (χ2v) is 6.91. The number of para-hydroxylation sites is 2. The molecular formula is C19H15IN4O2. The highest BCUT2D eigenvalue weighted by Gasteiger charge is 2.12. The maximum absolute atomic E-state index is 6.02. The quantitative estimate of drug-likeness (QED) is 0.409. The Morgan fingerprint density at radius 1 is 1.08 bits per heavy atom. The summed E-state index contributed by atoms with van der Waals surface area (Å²) in [5.41, 5.74) is 2.87. The van der Waals surface area contributed by atoms with E-state index in [1.54, 1.807) is 6.20 Å². The van der Waals surface area contributed by atoms with Crippen LogP contribution in [0.5, 0.6) is 23.4 Å². The molecule has 0 radical (unpaired) electrons.